The van der Waals surface area contributed by atoms with E-state index in [4.69, 9.17) is 14.2 Å². The van der Waals surface area contributed by atoms with Gasteiger partial charge in [-0.3, -0.25) is 14.4 Å². The number of hydrogen-bond acceptors (Lipinski definition) is 8. The van der Waals surface area contributed by atoms with E-state index in [9.17, 15) is 24.3 Å². The number of ketones is 1. The quantitative estimate of drug-likeness (QED) is 0.223. The number of hydrogen-bond donors (Lipinski definition) is 1. The van der Waals surface area contributed by atoms with Gasteiger partial charge in [0.2, 0.25) is 0 Å². The number of carbonyl (C=O) groups excluding carboxylic acids is 4. The molecule has 0 aromatic heterocycles. The molecule has 0 fully saturated rings. The van der Waals surface area contributed by atoms with Gasteiger partial charge in [-0.05, 0) is 27.2 Å². The van der Waals surface area contributed by atoms with Crippen molar-refractivity contribution in [3.63, 3.8) is 0 Å². The molecule has 2 atom stereocenters. The molecular formula is C18H30O8. The fourth-order valence-corrected chi connectivity index (χ4v) is 2.46. The Hall–Kier alpha value is -1.96. The number of ether oxygens (including phenoxy) is 3. The summed E-state index contributed by atoms with van der Waals surface area (Å²) in [7, 11) is 0. The molecule has 150 valence electrons. The highest BCUT2D eigenvalue weighted by atomic mass is 16.6. The van der Waals surface area contributed by atoms with Crippen molar-refractivity contribution in [1.29, 1.82) is 0 Å². The molecule has 0 saturated carbocycles. The zero-order valence-electron chi connectivity index (χ0n) is 16.0. The van der Waals surface area contributed by atoms with Crippen molar-refractivity contribution < 1.29 is 38.5 Å². The average molecular weight is 374 g/mol. The first-order valence-corrected chi connectivity index (χ1v) is 8.96. The second-order valence-corrected chi connectivity index (χ2v) is 5.90. The maximum absolute atomic E-state index is 12.2. The van der Waals surface area contributed by atoms with Gasteiger partial charge in [-0.25, -0.2) is 4.79 Å². The summed E-state index contributed by atoms with van der Waals surface area (Å²) < 4.78 is 14.5. The third-order valence-corrected chi connectivity index (χ3v) is 3.71. The van der Waals surface area contributed by atoms with E-state index in [1.807, 2.05) is 6.92 Å². The van der Waals surface area contributed by atoms with Crippen LogP contribution in [0.25, 0.3) is 0 Å². The lowest BCUT2D eigenvalue weighted by molar-refractivity contribution is -0.187. The first kappa shape index (κ1) is 24.0. The summed E-state index contributed by atoms with van der Waals surface area (Å²) >= 11 is 0. The molecule has 0 aliphatic carbocycles. The van der Waals surface area contributed by atoms with E-state index in [0.29, 0.717) is 6.42 Å². The smallest absolute Gasteiger partial charge is 0.340 e. The Morgan fingerprint density at radius 2 is 1.54 bits per heavy atom. The van der Waals surface area contributed by atoms with Crippen LogP contribution < -0.4 is 0 Å². The van der Waals surface area contributed by atoms with Gasteiger partial charge in [-0.2, -0.15) is 0 Å². The summed E-state index contributed by atoms with van der Waals surface area (Å²) in [5.74, 6) is -5.90. The van der Waals surface area contributed by atoms with Gasteiger partial charge >= 0.3 is 17.9 Å². The number of rotatable bonds is 13. The number of unbranched alkanes of at least 4 members (excludes halogenated alkanes) is 3. The van der Waals surface area contributed by atoms with Crippen LogP contribution in [0.15, 0.2) is 0 Å². The van der Waals surface area contributed by atoms with E-state index in [2.05, 4.69) is 0 Å². The molecule has 1 N–H and O–H groups in total. The molecule has 0 aliphatic heterocycles. The van der Waals surface area contributed by atoms with Gasteiger partial charge in [0.25, 0.3) is 0 Å². The lowest BCUT2D eigenvalue weighted by Gasteiger charge is -2.30. The first-order chi connectivity index (χ1) is 12.2. The van der Waals surface area contributed by atoms with Crippen molar-refractivity contribution in [2.45, 2.75) is 65.4 Å². The van der Waals surface area contributed by atoms with E-state index in [1.54, 1.807) is 0 Å². The molecule has 0 saturated heterocycles. The summed E-state index contributed by atoms with van der Waals surface area (Å²) in [5.41, 5.74) is -2.67. The molecule has 0 heterocycles. The van der Waals surface area contributed by atoms with E-state index in [-0.39, 0.29) is 19.8 Å². The average Bonchev–Trinajstić information content (AvgIpc) is 2.54. The molecule has 2 unspecified atom stereocenters. The summed E-state index contributed by atoms with van der Waals surface area (Å²) in [6.07, 6.45) is 2.68. The van der Waals surface area contributed by atoms with Crippen LogP contribution in [0.5, 0.6) is 0 Å². The largest absolute Gasteiger partial charge is 0.466 e. The van der Waals surface area contributed by atoms with Crippen LogP contribution in [0.3, 0.4) is 0 Å². The molecule has 8 nitrogen and oxygen atoms in total. The molecule has 0 rings (SSSR count). The molecule has 0 bridgehead atoms. The molecule has 0 aliphatic rings. The highest BCUT2D eigenvalue weighted by Gasteiger charge is 2.54. The number of esters is 3. The standard InChI is InChI=1S/C18H30O8/c1-5-8-9-10-11-26-14(20)12-18(23,17(22)25-7-3)15(13(4)19)16(21)24-6-2/h15,23H,5-12H2,1-4H3. The Labute approximate surface area is 154 Å². The minimum absolute atomic E-state index is 0.0522. The highest BCUT2D eigenvalue weighted by molar-refractivity contribution is 6.05. The Bertz CT molecular complexity index is 488. The van der Waals surface area contributed by atoms with Gasteiger partial charge in [-0.15, -0.1) is 0 Å². The maximum Gasteiger partial charge on any atom is 0.340 e. The summed E-state index contributed by atoms with van der Waals surface area (Å²) in [6.45, 7) is 6.07. The Balaban J connectivity index is 5.28. The summed E-state index contributed by atoms with van der Waals surface area (Å²) in [4.78, 5) is 48.3. The van der Waals surface area contributed by atoms with Crippen LogP contribution in [0.1, 0.15) is 59.8 Å². The van der Waals surface area contributed by atoms with Crippen molar-refractivity contribution >= 4 is 23.7 Å². The lowest BCUT2D eigenvalue weighted by Crippen LogP contribution is -2.54. The van der Waals surface area contributed by atoms with Gasteiger partial charge in [0, 0.05) is 0 Å². The zero-order valence-corrected chi connectivity index (χ0v) is 16.0. The Kier molecular flexibility index (Phi) is 11.5. The van der Waals surface area contributed by atoms with Gasteiger partial charge in [0.05, 0.1) is 26.2 Å². The number of carbonyl (C=O) groups is 4. The van der Waals surface area contributed by atoms with Crippen molar-refractivity contribution in [2.24, 2.45) is 5.92 Å². The third kappa shape index (κ3) is 7.51. The second-order valence-electron chi connectivity index (χ2n) is 5.90. The molecule has 26 heavy (non-hydrogen) atoms. The molecule has 0 spiro atoms. The molecule has 8 heteroatoms. The van der Waals surface area contributed by atoms with Crippen molar-refractivity contribution in [3.8, 4) is 0 Å². The van der Waals surface area contributed by atoms with E-state index >= 15 is 0 Å². The molecule has 0 radical (unpaired) electrons. The van der Waals surface area contributed by atoms with Crippen molar-refractivity contribution in [2.75, 3.05) is 19.8 Å². The first-order valence-electron chi connectivity index (χ1n) is 8.96. The summed E-state index contributed by atoms with van der Waals surface area (Å²) in [6, 6.07) is 0. The predicted molar refractivity (Wildman–Crippen MR) is 92.1 cm³/mol. The van der Waals surface area contributed by atoms with Gasteiger partial charge in [0.1, 0.15) is 5.78 Å². The lowest BCUT2D eigenvalue weighted by atomic mass is 9.81. The van der Waals surface area contributed by atoms with E-state index in [0.717, 1.165) is 26.2 Å². The normalized spacial score (nSPS) is 14.0. The van der Waals surface area contributed by atoms with E-state index in [1.165, 1.54) is 13.8 Å². The van der Waals surface area contributed by atoms with Crippen LogP contribution in [0, 0.1) is 5.92 Å². The van der Waals surface area contributed by atoms with Gasteiger partial charge in [0.15, 0.2) is 11.5 Å². The monoisotopic (exact) mass is 374 g/mol. The van der Waals surface area contributed by atoms with Crippen molar-refractivity contribution in [3.05, 3.63) is 0 Å². The van der Waals surface area contributed by atoms with Crippen molar-refractivity contribution in [1.82, 2.24) is 0 Å². The summed E-state index contributed by atoms with van der Waals surface area (Å²) in [5, 5.41) is 10.8. The van der Waals surface area contributed by atoms with Crippen LogP contribution >= 0.6 is 0 Å². The topological polar surface area (TPSA) is 116 Å². The van der Waals surface area contributed by atoms with Gasteiger partial charge in [-0.1, -0.05) is 26.2 Å². The molecule has 0 amide bonds. The van der Waals surface area contributed by atoms with Crippen LogP contribution in [-0.4, -0.2) is 54.2 Å². The molecule has 0 aromatic carbocycles. The third-order valence-electron chi connectivity index (χ3n) is 3.71. The van der Waals surface area contributed by atoms with E-state index < -0.39 is 41.6 Å². The Morgan fingerprint density at radius 1 is 0.923 bits per heavy atom. The van der Waals surface area contributed by atoms with Crippen LogP contribution in [0.4, 0.5) is 0 Å². The minimum atomic E-state index is -2.67. The van der Waals surface area contributed by atoms with Gasteiger partial charge < -0.3 is 19.3 Å². The van der Waals surface area contributed by atoms with Crippen LogP contribution in [0.2, 0.25) is 0 Å². The molecular weight excluding hydrogens is 344 g/mol. The SMILES string of the molecule is CCCCCCOC(=O)CC(O)(C(=O)OCC)C(C(C)=O)C(=O)OCC. The fourth-order valence-electron chi connectivity index (χ4n) is 2.46. The van der Waals surface area contributed by atoms with Crippen LogP contribution in [-0.2, 0) is 33.4 Å². The Morgan fingerprint density at radius 3 is 2.04 bits per heavy atom. The number of aliphatic hydroxyl groups is 1. The minimum Gasteiger partial charge on any atom is -0.466 e. The molecule has 0 aromatic rings. The number of Topliss-reactive ketones (excluding diaryl/α,β-unsaturated/α-hetero) is 1. The maximum atomic E-state index is 12.2. The zero-order chi connectivity index (χ0) is 20.2. The predicted octanol–water partition coefficient (Wildman–Crippen LogP) is 1.56. The highest BCUT2D eigenvalue weighted by Crippen LogP contribution is 2.27. The fraction of sp³-hybridized carbons (Fsp3) is 0.778. The second kappa shape index (κ2) is 12.4.